The van der Waals surface area contributed by atoms with Crippen LogP contribution in [0.2, 0.25) is 0 Å². The first-order chi connectivity index (χ1) is 7.86. The molecule has 0 saturated heterocycles. The van der Waals surface area contributed by atoms with Crippen LogP contribution in [0, 0.1) is 11.8 Å². The van der Waals surface area contributed by atoms with Gasteiger partial charge in [-0.3, -0.25) is 4.79 Å². The number of carbonyl (C=O) groups is 1. The summed E-state index contributed by atoms with van der Waals surface area (Å²) in [5.74, 6) is 5.06. The van der Waals surface area contributed by atoms with E-state index in [1.54, 1.807) is 0 Å². The average Bonchev–Trinajstić information content (AvgIpc) is 2.38. The second-order valence-corrected chi connectivity index (χ2v) is 3.07. The van der Waals surface area contributed by atoms with E-state index in [9.17, 15) is 4.79 Å². The number of Topliss-reactive ketones (excluding diaryl/α,β-unsaturated/α-hetero) is 1. The van der Waals surface area contributed by atoms with E-state index in [0.29, 0.717) is 5.56 Å². The van der Waals surface area contributed by atoms with E-state index in [2.05, 4.69) is 21.8 Å². The molecule has 2 aromatic rings. The van der Waals surface area contributed by atoms with E-state index in [0.717, 1.165) is 5.56 Å². The summed E-state index contributed by atoms with van der Waals surface area (Å²) in [7, 11) is 0. The molecular weight excluding hydrogens is 200 g/mol. The molecule has 2 rings (SSSR count). The maximum absolute atomic E-state index is 11.6. The number of benzene rings is 1. The van der Waals surface area contributed by atoms with Crippen molar-refractivity contribution in [1.82, 2.24) is 9.97 Å². The lowest BCUT2D eigenvalue weighted by molar-refractivity contribution is 0.105. The third-order valence-electron chi connectivity index (χ3n) is 1.92. The van der Waals surface area contributed by atoms with Gasteiger partial charge in [0.25, 0.3) is 0 Å². The van der Waals surface area contributed by atoms with Crippen LogP contribution in [-0.2, 0) is 0 Å². The van der Waals surface area contributed by atoms with Gasteiger partial charge in [0.05, 0.1) is 5.56 Å². The minimum Gasteiger partial charge on any atom is -0.279 e. The first-order valence-corrected chi connectivity index (χ1v) is 4.72. The van der Waals surface area contributed by atoms with Gasteiger partial charge in [0.1, 0.15) is 6.33 Å². The lowest BCUT2D eigenvalue weighted by atomic mass is 10.2. The van der Waals surface area contributed by atoms with Crippen LogP contribution < -0.4 is 0 Å². The number of aromatic nitrogens is 2. The molecule has 0 amide bonds. The first-order valence-electron chi connectivity index (χ1n) is 4.72. The maximum atomic E-state index is 11.6. The van der Waals surface area contributed by atoms with Crippen molar-refractivity contribution in [1.29, 1.82) is 0 Å². The van der Waals surface area contributed by atoms with Crippen molar-refractivity contribution in [2.24, 2.45) is 0 Å². The normalized spacial score (nSPS) is 9.00. The van der Waals surface area contributed by atoms with E-state index in [1.165, 1.54) is 18.7 Å². The highest BCUT2D eigenvalue weighted by molar-refractivity contribution is 6.08. The van der Waals surface area contributed by atoms with Crippen LogP contribution in [0.4, 0.5) is 0 Å². The zero-order chi connectivity index (χ0) is 11.2. The van der Waals surface area contributed by atoms with Crippen LogP contribution in [0.3, 0.4) is 0 Å². The van der Waals surface area contributed by atoms with Gasteiger partial charge in [-0.15, -0.1) is 0 Å². The highest BCUT2D eigenvalue weighted by Gasteiger charge is 2.00. The molecule has 3 heteroatoms. The Bertz CT molecular complexity index is 538. The molecule has 1 heterocycles. The summed E-state index contributed by atoms with van der Waals surface area (Å²) >= 11 is 0. The van der Waals surface area contributed by atoms with Gasteiger partial charge in [-0.25, -0.2) is 9.97 Å². The fraction of sp³-hybridized carbons (Fsp3) is 0. The number of ketones is 1. The number of carbonyl (C=O) groups excluding carboxylic acids is 1. The summed E-state index contributed by atoms with van der Waals surface area (Å²) in [6.45, 7) is 0. The van der Waals surface area contributed by atoms with Gasteiger partial charge in [-0.1, -0.05) is 24.1 Å². The van der Waals surface area contributed by atoms with Gasteiger partial charge >= 0.3 is 0 Å². The minimum atomic E-state index is -0.274. The second-order valence-electron chi connectivity index (χ2n) is 3.07. The van der Waals surface area contributed by atoms with Crippen LogP contribution in [0.15, 0.2) is 49.1 Å². The Kier molecular flexibility index (Phi) is 3.05. The number of rotatable bonds is 1. The SMILES string of the molecule is O=C(C#Cc1ccccc1)c1cncnc1. The largest absolute Gasteiger partial charge is 0.279 e. The van der Waals surface area contributed by atoms with Crippen LogP contribution >= 0.6 is 0 Å². The summed E-state index contributed by atoms with van der Waals surface area (Å²) in [5.41, 5.74) is 1.22. The molecule has 3 nitrogen and oxygen atoms in total. The van der Waals surface area contributed by atoms with Crippen LogP contribution in [0.5, 0.6) is 0 Å². The second kappa shape index (κ2) is 4.85. The Morgan fingerprint density at radius 3 is 2.44 bits per heavy atom. The van der Waals surface area contributed by atoms with Gasteiger partial charge in [-0.2, -0.15) is 0 Å². The predicted molar refractivity (Wildman–Crippen MR) is 59.7 cm³/mol. The standard InChI is InChI=1S/C13H8N2O/c16-13(12-8-14-10-15-9-12)7-6-11-4-2-1-3-5-11/h1-5,8-10H. The fourth-order valence-electron chi connectivity index (χ4n) is 1.14. The number of hydrogen-bond donors (Lipinski definition) is 0. The smallest absolute Gasteiger partial charge is 0.239 e. The monoisotopic (exact) mass is 208 g/mol. The van der Waals surface area contributed by atoms with E-state index in [4.69, 9.17) is 0 Å². The molecular formula is C13H8N2O. The minimum absolute atomic E-state index is 0.274. The molecule has 0 radical (unpaired) electrons. The van der Waals surface area contributed by atoms with Gasteiger partial charge in [0.2, 0.25) is 5.78 Å². The quantitative estimate of drug-likeness (QED) is 0.529. The van der Waals surface area contributed by atoms with Gasteiger partial charge in [-0.05, 0) is 18.1 Å². The van der Waals surface area contributed by atoms with Crippen molar-refractivity contribution in [3.8, 4) is 11.8 Å². The van der Waals surface area contributed by atoms with Gasteiger partial charge in [0, 0.05) is 18.0 Å². The van der Waals surface area contributed by atoms with E-state index in [-0.39, 0.29) is 5.78 Å². The van der Waals surface area contributed by atoms with Crippen LogP contribution in [0.25, 0.3) is 0 Å². The molecule has 0 spiro atoms. The lowest BCUT2D eigenvalue weighted by Gasteiger charge is -1.89. The van der Waals surface area contributed by atoms with Gasteiger partial charge < -0.3 is 0 Å². The molecule has 0 bridgehead atoms. The van der Waals surface area contributed by atoms with Crippen LogP contribution in [-0.4, -0.2) is 15.8 Å². The maximum Gasteiger partial charge on any atom is 0.239 e. The van der Waals surface area contributed by atoms with Crippen LogP contribution in [0.1, 0.15) is 15.9 Å². The summed E-state index contributed by atoms with van der Waals surface area (Å²) in [5, 5.41) is 0. The lowest BCUT2D eigenvalue weighted by Crippen LogP contribution is -1.96. The zero-order valence-electron chi connectivity index (χ0n) is 8.42. The molecule has 0 aliphatic rings. The summed E-state index contributed by atoms with van der Waals surface area (Å²) in [6.07, 6.45) is 4.28. The van der Waals surface area contributed by atoms with Crippen molar-refractivity contribution in [3.63, 3.8) is 0 Å². The highest BCUT2D eigenvalue weighted by Crippen LogP contribution is 1.97. The molecule has 0 aliphatic carbocycles. The zero-order valence-corrected chi connectivity index (χ0v) is 8.42. The number of hydrogen-bond acceptors (Lipinski definition) is 3. The molecule has 0 saturated carbocycles. The summed E-state index contributed by atoms with van der Waals surface area (Å²) < 4.78 is 0. The van der Waals surface area contributed by atoms with Crippen molar-refractivity contribution in [3.05, 3.63) is 60.2 Å². The highest BCUT2D eigenvalue weighted by atomic mass is 16.1. The third-order valence-corrected chi connectivity index (χ3v) is 1.92. The van der Waals surface area contributed by atoms with E-state index >= 15 is 0 Å². The molecule has 76 valence electrons. The van der Waals surface area contributed by atoms with E-state index < -0.39 is 0 Å². The molecule has 0 fully saturated rings. The Morgan fingerprint density at radius 2 is 1.75 bits per heavy atom. The molecule has 0 unspecified atom stereocenters. The van der Waals surface area contributed by atoms with Crippen molar-refractivity contribution >= 4 is 5.78 Å². The van der Waals surface area contributed by atoms with E-state index in [1.807, 2.05) is 30.3 Å². The number of nitrogens with zero attached hydrogens (tertiary/aromatic N) is 2. The summed E-state index contributed by atoms with van der Waals surface area (Å²) in [4.78, 5) is 19.1. The van der Waals surface area contributed by atoms with Crippen molar-refractivity contribution in [2.75, 3.05) is 0 Å². The molecule has 1 aromatic carbocycles. The fourth-order valence-corrected chi connectivity index (χ4v) is 1.14. The average molecular weight is 208 g/mol. The molecule has 1 aromatic heterocycles. The topological polar surface area (TPSA) is 42.9 Å². The Labute approximate surface area is 93.2 Å². The Balaban J connectivity index is 2.18. The molecule has 0 aliphatic heterocycles. The molecule has 16 heavy (non-hydrogen) atoms. The predicted octanol–water partition coefficient (Wildman–Crippen LogP) is 1.71. The Hall–Kier alpha value is -2.47. The Morgan fingerprint density at radius 1 is 1.06 bits per heavy atom. The van der Waals surface area contributed by atoms with Crippen molar-refractivity contribution in [2.45, 2.75) is 0 Å². The molecule has 0 atom stereocenters. The van der Waals surface area contributed by atoms with Crippen molar-refractivity contribution < 1.29 is 4.79 Å². The third kappa shape index (κ3) is 2.52. The summed E-state index contributed by atoms with van der Waals surface area (Å²) in [6, 6.07) is 9.35. The first kappa shape index (κ1) is 10.1. The molecule has 0 N–H and O–H groups in total. The van der Waals surface area contributed by atoms with Gasteiger partial charge in [0.15, 0.2) is 0 Å².